The zero-order valence-electron chi connectivity index (χ0n) is 15.7. The number of rotatable bonds is 5. The molecule has 2 aliphatic heterocycles. The molecule has 142 valence electrons. The van der Waals surface area contributed by atoms with Gasteiger partial charge < -0.3 is 9.64 Å². The number of carbonyl (C=O) groups excluding carboxylic acids is 1. The van der Waals surface area contributed by atoms with E-state index < -0.39 is 0 Å². The van der Waals surface area contributed by atoms with Crippen molar-refractivity contribution in [2.75, 3.05) is 32.8 Å². The predicted molar refractivity (Wildman–Crippen MR) is 101 cm³/mol. The van der Waals surface area contributed by atoms with Gasteiger partial charge in [-0.15, -0.1) is 0 Å². The third-order valence-corrected chi connectivity index (χ3v) is 6.21. The smallest absolute Gasteiger partial charge is 0.223 e. The number of pyridine rings is 1. The molecule has 0 spiro atoms. The van der Waals surface area contributed by atoms with Crippen LogP contribution in [0.15, 0.2) is 18.3 Å². The summed E-state index contributed by atoms with van der Waals surface area (Å²) in [7, 11) is 0. The van der Waals surface area contributed by atoms with Crippen LogP contribution in [-0.4, -0.2) is 53.5 Å². The Bertz CT molecular complexity index is 592. The minimum Gasteiger partial charge on any atom is -0.379 e. The molecule has 2 saturated heterocycles. The first kappa shape index (κ1) is 17.9. The fourth-order valence-corrected chi connectivity index (χ4v) is 4.70. The van der Waals surface area contributed by atoms with Crippen LogP contribution in [0.2, 0.25) is 0 Å². The van der Waals surface area contributed by atoms with Gasteiger partial charge in [0.15, 0.2) is 0 Å². The van der Waals surface area contributed by atoms with E-state index in [0.717, 1.165) is 64.3 Å². The van der Waals surface area contributed by atoms with Gasteiger partial charge in [0.05, 0.1) is 24.9 Å². The van der Waals surface area contributed by atoms with Crippen molar-refractivity contribution < 1.29 is 9.53 Å². The molecule has 26 heavy (non-hydrogen) atoms. The summed E-state index contributed by atoms with van der Waals surface area (Å²) in [5, 5.41) is 0. The van der Waals surface area contributed by atoms with Gasteiger partial charge in [-0.3, -0.25) is 14.7 Å². The largest absolute Gasteiger partial charge is 0.379 e. The molecule has 0 bridgehead atoms. The van der Waals surface area contributed by atoms with Crippen LogP contribution < -0.4 is 0 Å². The van der Waals surface area contributed by atoms with Gasteiger partial charge >= 0.3 is 0 Å². The van der Waals surface area contributed by atoms with Crippen molar-refractivity contribution in [1.29, 1.82) is 0 Å². The van der Waals surface area contributed by atoms with Crippen molar-refractivity contribution in [3.63, 3.8) is 0 Å². The normalized spacial score (nSPS) is 25.1. The topological polar surface area (TPSA) is 45.7 Å². The maximum absolute atomic E-state index is 12.8. The Labute approximate surface area is 156 Å². The molecular formula is C21H31N3O2. The van der Waals surface area contributed by atoms with Crippen molar-refractivity contribution >= 4 is 5.91 Å². The fraction of sp³-hybridized carbons (Fsp3) is 0.714. The molecular weight excluding hydrogens is 326 g/mol. The van der Waals surface area contributed by atoms with Crippen molar-refractivity contribution in [3.8, 4) is 0 Å². The Morgan fingerprint density at radius 2 is 1.88 bits per heavy atom. The van der Waals surface area contributed by atoms with Crippen LogP contribution in [0.3, 0.4) is 0 Å². The van der Waals surface area contributed by atoms with E-state index in [0.29, 0.717) is 11.8 Å². The Balaban J connectivity index is 1.36. The average Bonchev–Trinajstić information content (AvgIpc) is 3.35. The Hall–Kier alpha value is -1.46. The highest BCUT2D eigenvalue weighted by atomic mass is 16.5. The van der Waals surface area contributed by atoms with E-state index in [4.69, 9.17) is 9.72 Å². The molecule has 1 aromatic rings. The second-order valence-electron chi connectivity index (χ2n) is 8.08. The molecule has 1 saturated carbocycles. The summed E-state index contributed by atoms with van der Waals surface area (Å²) in [5.74, 6) is 0.964. The van der Waals surface area contributed by atoms with Gasteiger partial charge in [0.1, 0.15) is 0 Å². The maximum Gasteiger partial charge on any atom is 0.223 e. The van der Waals surface area contributed by atoms with Crippen LogP contribution in [0.4, 0.5) is 0 Å². The number of aromatic nitrogens is 1. The first-order valence-corrected chi connectivity index (χ1v) is 10.3. The van der Waals surface area contributed by atoms with Gasteiger partial charge in [-0.25, -0.2) is 0 Å². The van der Waals surface area contributed by atoms with Crippen molar-refractivity contribution in [2.45, 2.75) is 57.5 Å². The second kappa shape index (κ2) is 8.49. The van der Waals surface area contributed by atoms with E-state index in [2.05, 4.69) is 21.9 Å². The van der Waals surface area contributed by atoms with Crippen molar-refractivity contribution in [3.05, 3.63) is 29.6 Å². The maximum atomic E-state index is 12.8. The van der Waals surface area contributed by atoms with E-state index in [1.54, 1.807) is 0 Å². The van der Waals surface area contributed by atoms with E-state index in [9.17, 15) is 4.79 Å². The van der Waals surface area contributed by atoms with Gasteiger partial charge in [0.2, 0.25) is 5.91 Å². The van der Waals surface area contributed by atoms with Crippen LogP contribution in [0.1, 0.15) is 62.2 Å². The summed E-state index contributed by atoms with van der Waals surface area (Å²) in [6, 6.07) is 4.51. The SMILES string of the molecule is O=C(CC1CCCC1)N1CCC[C@@H]1c1ccc(CN2CCOCC2)cn1. The van der Waals surface area contributed by atoms with Gasteiger partial charge in [-0.1, -0.05) is 18.9 Å². The van der Waals surface area contributed by atoms with E-state index in [-0.39, 0.29) is 6.04 Å². The van der Waals surface area contributed by atoms with Gasteiger partial charge in [-0.2, -0.15) is 0 Å². The van der Waals surface area contributed by atoms with Crippen LogP contribution in [0, 0.1) is 5.92 Å². The second-order valence-corrected chi connectivity index (χ2v) is 8.08. The molecule has 3 fully saturated rings. The van der Waals surface area contributed by atoms with Crippen molar-refractivity contribution in [1.82, 2.24) is 14.8 Å². The molecule has 0 radical (unpaired) electrons. The lowest BCUT2D eigenvalue weighted by atomic mass is 10.0. The lowest BCUT2D eigenvalue weighted by Crippen LogP contribution is -2.35. The number of morpholine rings is 1. The number of hydrogen-bond donors (Lipinski definition) is 0. The number of carbonyl (C=O) groups is 1. The molecule has 4 rings (SSSR count). The minimum atomic E-state index is 0.182. The van der Waals surface area contributed by atoms with Crippen LogP contribution in [0.5, 0.6) is 0 Å². The highest BCUT2D eigenvalue weighted by Gasteiger charge is 2.32. The van der Waals surface area contributed by atoms with Crippen molar-refractivity contribution in [2.24, 2.45) is 5.92 Å². The molecule has 1 aliphatic carbocycles. The molecule has 1 atom stereocenters. The summed E-state index contributed by atoms with van der Waals surface area (Å²) in [6.07, 6.45) is 9.96. The molecule has 3 heterocycles. The third-order valence-electron chi connectivity index (χ3n) is 6.21. The van der Waals surface area contributed by atoms with Gasteiger partial charge in [0.25, 0.3) is 0 Å². The number of amides is 1. The first-order valence-electron chi connectivity index (χ1n) is 10.3. The predicted octanol–water partition coefficient (Wildman–Crippen LogP) is 3.16. The molecule has 5 nitrogen and oxygen atoms in total. The fourth-order valence-electron chi connectivity index (χ4n) is 4.70. The zero-order valence-corrected chi connectivity index (χ0v) is 15.7. The van der Waals surface area contributed by atoms with Crippen LogP contribution in [-0.2, 0) is 16.1 Å². The summed E-state index contributed by atoms with van der Waals surface area (Å²) in [6.45, 7) is 5.47. The van der Waals surface area contributed by atoms with Crippen LogP contribution in [0.25, 0.3) is 0 Å². The van der Waals surface area contributed by atoms with Gasteiger partial charge in [0, 0.05) is 38.8 Å². The molecule has 0 aromatic carbocycles. The quantitative estimate of drug-likeness (QED) is 0.812. The molecule has 3 aliphatic rings. The zero-order chi connectivity index (χ0) is 17.8. The summed E-state index contributed by atoms with van der Waals surface area (Å²) in [5.41, 5.74) is 2.31. The molecule has 1 aromatic heterocycles. The lowest BCUT2D eigenvalue weighted by Gasteiger charge is -2.27. The number of ether oxygens (including phenoxy) is 1. The minimum absolute atomic E-state index is 0.182. The first-order chi connectivity index (χ1) is 12.8. The number of hydrogen-bond acceptors (Lipinski definition) is 4. The molecule has 0 N–H and O–H groups in total. The molecule has 5 heteroatoms. The third kappa shape index (κ3) is 4.26. The Morgan fingerprint density at radius 3 is 2.62 bits per heavy atom. The Morgan fingerprint density at radius 1 is 1.08 bits per heavy atom. The number of likely N-dealkylation sites (tertiary alicyclic amines) is 1. The summed E-state index contributed by atoms with van der Waals surface area (Å²) < 4.78 is 5.41. The monoisotopic (exact) mass is 357 g/mol. The molecule has 0 unspecified atom stereocenters. The standard InChI is InChI=1S/C21H31N3O2/c25-21(14-17-4-1-2-5-17)24-9-3-6-20(24)19-8-7-18(15-22-19)16-23-10-12-26-13-11-23/h7-8,15,17,20H,1-6,9-14,16H2/t20-/m1/s1. The molecule has 1 amide bonds. The Kier molecular flexibility index (Phi) is 5.85. The van der Waals surface area contributed by atoms with Gasteiger partial charge in [-0.05, 0) is 43.2 Å². The summed E-state index contributed by atoms with van der Waals surface area (Å²) >= 11 is 0. The van der Waals surface area contributed by atoms with E-state index in [1.807, 2.05) is 6.20 Å². The van der Waals surface area contributed by atoms with E-state index >= 15 is 0 Å². The van der Waals surface area contributed by atoms with Crippen LogP contribution >= 0.6 is 0 Å². The summed E-state index contributed by atoms with van der Waals surface area (Å²) in [4.78, 5) is 22.0. The lowest BCUT2D eigenvalue weighted by molar-refractivity contribution is -0.133. The average molecular weight is 357 g/mol. The van der Waals surface area contributed by atoms with E-state index in [1.165, 1.54) is 31.2 Å². The highest BCUT2D eigenvalue weighted by molar-refractivity contribution is 5.77. The highest BCUT2D eigenvalue weighted by Crippen LogP contribution is 2.34. The number of nitrogens with zero attached hydrogens (tertiary/aromatic N) is 3.